The van der Waals surface area contributed by atoms with Gasteiger partial charge in [0.1, 0.15) is 5.75 Å². The summed E-state index contributed by atoms with van der Waals surface area (Å²) in [4.78, 5) is 21.7. The third-order valence-electron chi connectivity index (χ3n) is 3.32. The van der Waals surface area contributed by atoms with Crippen molar-refractivity contribution >= 4 is 27.2 Å². The zero-order valence-corrected chi connectivity index (χ0v) is 12.3. The molecule has 1 aliphatic rings. The van der Waals surface area contributed by atoms with Gasteiger partial charge in [0.05, 0.1) is 22.1 Å². The van der Waals surface area contributed by atoms with E-state index in [1.807, 2.05) is 0 Å². The van der Waals surface area contributed by atoms with Crippen molar-refractivity contribution in [3.63, 3.8) is 0 Å². The van der Waals surface area contributed by atoms with E-state index < -0.39 is 20.8 Å². The van der Waals surface area contributed by atoms with E-state index in [9.17, 15) is 28.4 Å². The lowest BCUT2D eigenvalue weighted by Crippen LogP contribution is -2.33. The predicted molar refractivity (Wildman–Crippen MR) is 78.5 cm³/mol. The topological polar surface area (TPSA) is 139 Å². The number of nitrogens with zero attached hydrogens (tertiary/aromatic N) is 1. The van der Waals surface area contributed by atoms with Crippen molar-refractivity contribution in [3.05, 3.63) is 28.3 Å². The molecule has 1 unspecified atom stereocenters. The summed E-state index contributed by atoms with van der Waals surface area (Å²) in [6, 6.07) is 2.59. The molecule has 1 aromatic carbocycles. The van der Waals surface area contributed by atoms with Crippen molar-refractivity contribution in [1.29, 1.82) is 0 Å². The van der Waals surface area contributed by atoms with Crippen LogP contribution in [0.5, 0.6) is 5.75 Å². The first kappa shape index (κ1) is 16.0. The fourth-order valence-corrected chi connectivity index (χ4v) is 4.04. The highest BCUT2D eigenvalue weighted by Gasteiger charge is 2.28. The average molecular weight is 329 g/mol. The Morgan fingerprint density at radius 1 is 1.45 bits per heavy atom. The van der Waals surface area contributed by atoms with E-state index in [2.05, 4.69) is 10.6 Å². The summed E-state index contributed by atoms with van der Waals surface area (Å²) in [7, 11) is -3.01. The molecular weight excluding hydrogens is 314 g/mol. The third-order valence-corrected chi connectivity index (χ3v) is 5.15. The van der Waals surface area contributed by atoms with Gasteiger partial charge in [-0.05, 0) is 18.4 Å². The normalized spacial score (nSPS) is 19.5. The van der Waals surface area contributed by atoms with E-state index in [0.717, 1.165) is 18.2 Å². The molecule has 1 fully saturated rings. The number of carbonyl (C=O) groups excluding carboxylic acids is 1. The second-order valence-corrected chi connectivity index (χ2v) is 7.29. The number of hydrogen-bond donors (Lipinski definition) is 3. The molecule has 22 heavy (non-hydrogen) atoms. The van der Waals surface area contributed by atoms with Crippen molar-refractivity contribution in [3.8, 4) is 5.75 Å². The van der Waals surface area contributed by atoms with Crippen LogP contribution >= 0.6 is 0 Å². The van der Waals surface area contributed by atoms with E-state index in [4.69, 9.17) is 0 Å². The maximum absolute atomic E-state index is 11.7. The number of anilines is 1. The monoisotopic (exact) mass is 329 g/mol. The molecule has 120 valence electrons. The molecule has 1 saturated heterocycles. The Labute approximate surface area is 126 Å². The number of aromatic hydroxyl groups is 1. The van der Waals surface area contributed by atoms with Gasteiger partial charge in [-0.1, -0.05) is 0 Å². The second-order valence-electron chi connectivity index (χ2n) is 5.06. The summed E-state index contributed by atoms with van der Waals surface area (Å²) in [6.07, 6.45) is 0.491. The van der Waals surface area contributed by atoms with E-state index >= 15 is 0 Å². The van der Waals surface area contributed by atoms with Gasteiger partial charge in [-0.2, -0.15) is 0 Å². The van der Waals surface area contributed by atoms with Crippen LogP contribution in [0.2, 0.25) is 0 Å². The molecule has 1 atom stereocenters. The van der Waals surface area contributed by atoms with Gasteiger partial charge < -0.3 is 15.7 Å². The van der Waals surface area contributed by atoms with Gasteiger partial charge in [-0.3, -0.25) is 10.1 Å². The number of sulfone groups is 1. The molecule has 0 radical (unpaired) electrons. The Hall–Kier alpha value is -2.36. The highest BCUT2D eigenvalue weighted by molar-refractivity contribution is 7.91. The molecule has 2 rings (SSSR count). The highest BCUT2D eigenvalue weighted by Crippen LogP contribution is 2.27. The van der Waals surface area contributed by atoms with Crippen molar-refractivity contribution < 1.29 is 23.2 Å². The van der Waals surface area contributed by atoms with Crippen LogP contribution < -0.4 is 10.6 Å². The maximum Gasteiger partial charge on any atom is 0.319 e. The Balaban J connectivity index is 1.92. The number of rotatable bonds is 4. The first-order valence-electron chi connectivity index (χ1n) is 6.49. The molecule has 1 aliphatic heterocycles. The summed E-state index contributed by atoms with van der Waals surface area (Å²) in [6.45, 7) is 0.181. The molecule has 2 amide bonds. The van der Waals surface area contributed by atoms with Gasteiger partial charge in [0.15, 0.2) is 9.84 Å². The minimum Gasteiger partial charge on any atom is -0.506 e. The summed E-state index contributed by atoms with van der Waals surface area (Å²) < 4.78 is 22.6. The summed E-state index contributed by atoms with van der Waals surface area (Å²) in [5.74, 6) is -0.291. The molecule has 0 saturated carbocycles. The van der Waals surface area contributed by atoms with Crippen molar-refractivity contribution in [2.75, 3.05) is 23.4 Å². The lowest BCUT2D eigenvalue weighted by molar-refractivity contribution is -0.384. The second kappa shape index (κ2) is 6.18. The van der Waals surface area contributed by atoms with Gasteiger partial charge in [-0.15, -0.1) is 0 Å². The van der Waals surface area contributed by atoms with Gasteiger partial charge in [-0.25, -0.2) is 13.2 Å². The van der Waals surface area contributed by atoms with Crippen molar-refractivity contribution in [1.82, 2.24) is 5.32 Å². The van der Waals surface area contributed by atoms with E-state index in [0.29, 0.717) is 6.42 Å². The van der Waals surface area contributed by atoms with E-state index in [1.54, 1.807) is 0 Å². The lowest BCUT2D eigenvalue weighted by Gasteiger charge is -2.11. The van der Waals surface area contributed by atoms with Crippen LogP contribution in [0.1, 0.15) is 6.42 Å². The molecule has 0 spiro atoms. The van der Waals surface area contributed by atoms with Gasteiger partial charge in [0.25, 0.3) is 5.69 Å². The van der Waals surface area contributed by atoms with E-state index in [1.165, 1.54) is 0 Å². The number of benzene rings is 1. The van der Waals surface area contributed by atoms with Crippen LogP contribution in [0.4, 0.5) is 16.2 Å². The SMILES string of the molecule is O=C(NCC1CCS(=O)(=O)C1)Nc1cc([N+](=O)[O-])ccc1O. The van der Waals surface area contributed by atoms with Crippen molar-refractivity contribution in [2.45, 2.75) is 6.42 Å². The van der Waals surface area contributed by atoms with Gasteiger partial charge in [0, 0.05) is 18.7 Å². The number of hydrogen-bond acceptors (Lipinski definition) is 6. The standard InChI is InChI=1S/C12H15N3O6S/c16-11-2-1-9(15(18)19)5-10(11)14-12(17)13-6-8-3-4-22(20,21)7-8/h1-2,5,8,16H,3-4,6-7H2,(H2,13,14,17). The zero-order chi connectivity index (χ0) is 16.3. The molecule has 0 aliphatic carbocycles. The van der Waals surface area contributed by atoms with Crippen LogP contribution in [-0.4, -0.2) is 42.5 Å². The van der Waals surface area contributed by atoms with Crippen LogP contribution in [0.25, 0.3) is 0 Å². The van der Waals surface area contributed by atoms with Gasteiger partial charge in [0.2, 0.25) is 0 Å². The highest BCUT2D eigenvalue weighted by atomic mass is 32.2. The number of phenols is 1. The molecular formula is C12H15N3O6S. The van der Waals surface area contributed by atoms with E-state index in [-0.39, 0.29) is 41.1 Å². The fraction of sp³-hybridized carbons (Fsp3) is 0.417. The Morgan fingerprint density at radius 2 is 2.18 bits per heavy atom. The Bertz CT molecular complexity index is 703. The molecule has 3 N–H and O–H groups in total. The number of phenolic OH excluding ortho intramolecular Hbond substituents is 1. The largest absolute Gasteiger partial charge is 0.506 e. The fourth-order valence-electron chi connectivity index (χ4n) is 2.17. The molecule has 1 aromatic rings. The quantitative estimate of drug-likeness (QED) is 0.425. The molecule has 9 nitrogen and oxygen atoms in total. The predicted octanol–water partition coefficient (Wildman–Crippen LogP) is 0.857. The number of non-ortho nitro benzene ring substituents is 1. The summed E-state index contributed by atoms with van der Waals surface area (Å²) in [5.41, 5.74) is -0.360. The van der Waals surface area contributed by atoms with Crippen molar-refractivity contribution in [2.24, 2.45) is 5.92 Å². The molecule has 10 heteroatoms. The number of nitro groups is 1. The number of amides is 2. The molecule has 0 aromatic heterocycles. The van der Waals surface area contributed by atoms with Crippen LogP contribution in [0, 0.1) is 16.0 Å². The minimum absolute atomic E-state index is 0.0370. The minimum atomic E-state index is -3.01. The first-order valence-corrected chi connectivity index (χ1v) is 8.31. The molecule has 0 bridgehead atoms. The number of nitro benzene ring substituents is 1. The Kier molecular flexibility index (Phi) is 4.50. The maximum atomic E-state index is 11.7. The van der Waals surface area contributed by atoms with Gasteiger partial charge >= 0.3 is 6.03 Å². The number of carbonyl (C=O) groups is 1. The summed E-state index contributed by atoms with van der Waals surface area (Å²) in [5, 5.41) is 25.0. The Morgan fingerprint density at radius 3 is 2.77 bits per heavy atom. The number of urea groups is 1. The third kappa shape index (κ3) is 4.07. The number of nitrogens with one attached hydrogen (secondary N) is 2. The first-order chi connectivity index (χ1) is 10.3. The average Bonchev–Trinajstić information content (AvgIpc) is 2.78. The zero-order valence-electron chi connectivity index (χ0n) is 11.5. The summed E-state index contributed by atoms with van der Waals surface area (Å²) >= 11 is 0. The molecule has 1 heterocycles. The van der Waals surface area contributed by atoms with Crippen LogP contribution in [0.3, 0.4) is 0 Å². The van der Waals surface area contributed by atoms with Crippen LogP contribution in [0.15, 0.2) is 18.2 Å². The van der Waals surface area contributed by atoms with Crippen LogP contribution in [-0.2, 0) is 9.84 Å². The smallest absolute Gasteiger partial charge is 0.319 e. The lowest BCUT2D eigenvalue weighted by atomic mass is 10.1.